The van der Waals surface area contributed by atoms with Gasteiger partial charge in [0, 0.05) is 25.7 Å². The van der Waals surface area contributed by atoms with E-state index in [0.717, 1.165) is 0 Å². The van der Waals surface area contributed by atoms with E-state index in [1.807, 2.05) is 4.90 Å². The molecule has 1 aliphatic rings. The molecule has 0 radical (unpaired) electrons. The zero-order valence-corrected chi connectivity index (χ0v) is 9.42. The van der Waals surface area contributed by atoms with Gasteiger partial charge >= 0.3 is 0 Å². The first-order chi connectivity index (χ1) is 8.03. The van der Waals surface area contributed by atoms with Gasteiger partial charge in [-0.05, 0) is 6.92 Å². The highest BCUT2D eigenvalue weighted by atomic mass is 16.3. The van der Waals surface area contributed by atoms with Crippen LogP contribution in [0.15, 0.2) is 17.2 Å². The molecule has 0 spiro atoms. The molecule has 3 heterocycles. The molecule has 1 fully saturated rings. The van der Waals surface area contributed by atoms with Crippen LogP contribution >= 0.6 is 0 Å². The Balaban J connectivity index is 1.84. The van der Waals surface area contributed by atoms with Crippen LogP contribution in [-0.4, -0.2) is 48.3 Å². The number of aromatic amines is 1. The minimum atomic E-state index is -0.606. The zero-order valence-electron chi connectivity index (χ0n) is 9.42. The molecule has 0 amide bonds. The maximum Gasteiger partial charge on any atom is 0.274 e. The van der Waals surface area contributed by atoms with Crippen LogP contribution in [-0.2, 0) is 6.54 Å². The number of likely N-dealkylation sites (tertiary alicyclic amines) is 1. The molecular weight excluding hydrogens is 222 g/mol. The summed E-state index contributed by atoms with van der Waals surface area (Å²) in [6.07, 6.45) is 1.43. The molecular formula is C10H13N5O2. The molecule has 1 saturated heterocycles. The second kappa shape index (κ2) is 3.38. The lowest BCUT2D eigenvalue weighted by molar-refractivity contribution is -0.0875. The summed E-state index contributed by atoms with van der Waals surface area (Å²) in [5.74, 6) is 0.375. The van der Waals surface area contributed by atoms with Gasteiger partial charge in [0.25, 0.3) is 11.3 Å². The fraction of sp³-hybridized carbons (Fsp3) is 0.500. The Morgan fingerprint density at radius 3 is 3.06 bits per heavy atom. The van der Waals surface area contributed by atoms with Crippen molar-refractivity contribution < 1.29 is 5.11 Å². The first kappa shape index (κ1) is 10.4. The summed E-state index contributed by atoms with van der Waals surface area (Å²) in [6.45, 7) is 3.57. The van der Waals surface area contributed by atoms with Crippen molar-refractivity contribution in [3.05, 3.63) is 28.4 Å². The van der Waals surface area contributed by atoms with E-state index < -0.39 is 5.60 Å². The van der Waals surface area contributed by atoms with Crippen LogP contribution in [0, 0.1) is 0 Å². The Morgan fingerprint density at radius 1 is 1.59 bits per heavy atom. The minimum Gasteiger partial charge on any atom is -0.388 e. The molecule has 7 heteroatoms. The molecule has 0 aromatic carbocycles. The van der Waals surface area contributed by atoms with Gasteiger partial charge in [-0.25, -0.2) is 9.97 Å². The molecule has 3 rings (SSSR count). The van der Waals surface area contributed by atoms with Gasteiger partial charge in [0.05, 0.1) is 11.3 Å². The van der Waals surface area contributed by atoms with Crippen LogP contribution in [0.1, 0.15) is 12.6 Å². The van der Waals surface area contributed by atoms with Gasteiger partial charge in [-0.3, -0.25) is 14.8 Å². The van der Waals surface area contributed by atoms with Crippen LogP contribution in [0.3, 0.4) is 0 Å². The molecule has 90 valence electrons. The van der Waals surface area contributed by atoms with Crippen LogP contribution < -0.4 is 5.56 Å². The maximum absolute atomic E-state index is 11.7. The Labute approximate surface area is 96.7 Å². The molecule has 0 atom stereocenters. The number of rotatable bonds is 2. The van der Waals surface area contributed by atoms with Crippen molar-refractivity contribution in [1.82, 2.24) is 24.5 Å². The summed E-state index contributed by atoms with van der Waals surface area (Å²) in [4.78, 5) is 21.9. The third-order valence-electron chi connectivity index (χ3n) is 2.84. The zero-order chi connectivity index (χ0) is 12.0. The number of aliphatic hydroxyl groups is 1. The van der Waals surface area contributed by atoms with Crippen molar-refractivity contribution in [1.29, 1.82) is 0 Å². The second-order valence-corrected chi connectivity index (χ2v) is 4.75. The summed E-state index contributed by atoms with van der Waals surface area (Å²) in [5.41, 5.74) is -0.0988. The van der Waals surface area contributed by atoms with Crippen molar-refractivity contribution >= 4 is 5.78 Å². The first-order valence-corrected chi connectivity index (χ1v) is 5.40. The number of nitrogens with one attached hydrogen (secondary N) is 1. The van der Waals surface area contributed by atoms with E-state index in [9.17, 15) is 9.90 Å². The summed E-state index contributed by atoms with van der Waals surface area (Å²) in [7, 11) is 0. The van der Waals surface area contributed by atoms with E-state index in [0.29, 0.717) is 31.1 Å². The molecule has 1 aliphatic heterocycles. The van der Waals surface area contributed by atoms with Gasteiger partial charge in [-0.2, -0.15) is 4.52 Å². The van der Waals surface area contributed by atoms with E-state index in [1.165, 1.54) is 16.9 Å². The van der Waals surface area contributed by atoms with Crippen LogP contribution in [0.2, 0.25) is 0 Å². The van der Waals surface area contributed by atoms with Crippen molar-refractivity contribution in [2.24, 2.45) is 0 Å². The number of β-amino-alcohol motifs (C(OH)–C–C–N with tert-alkyl or cyclic N) is 1. The summed E-state index contributed by atoms with van der Waals surface area (Å²) in [5, 5.41) is 12.3. The summed E-state index contributed by atoms with van der Waals surface area (Å²) < 4.78 is 1.29. The number of hydrogen-bond donors (Lipinski definition) is 2. The van der Waals surface area contributed by atoms with Crippen molar-refractivity contribution in [2.75, 3.05) is 13.1 Å². The summed E-state index contributed by atoms with van der Waals surface area (Å²) in [6, 6.07) is 1.48. The van der Waals surface area contributed by atoms with Crippen LogP contribution in [0.4, 0.5) is 0 Å². The number of nitrogens with zero attached hydrogens (tertiary/aromatic N) is 4. The number of hydrogen-bond acceptors (Lipinski definition) is 5. The average molecular weight is 235 g/mol. The molecule has 2 aromatic heterocycles. The normalized spacial score (nSPS) is 19.4. The lowest BCUT2D eigenvalue weighted by Crippen LogP contribution is -2.59. The smallest absolute Gasteiger partial charge is 0.274 e. The lowest BCUT2D eigenvalue weighted by atomic mass is 9.97. The number of H-pyrrole nitrogens is 1. The van der Waals surface area contributed by atoms with Crippen molar-refractivity contribution in [3.8, 4) is 0 Å². The average Bonchev–Trinajstić information content (AvgIpc) is 2.63. The number of fused-ring (bicyclic) bond motifs is 1. The quantitative estimate of drug-likeness (QED) is 0.696. The molecule has 2 aromatic rings. The monoisotopic (exact) mass is 235 g/mol. The van der Waals surface area contributed by atoms with Crippen LogP contribution in [0.25, 0.3) is 5.78 Å². The molecule has 0 saturated carbocycles. The molecule has 0 aliphatic carbocycles. The maximum atomic E-state index is 11.7. The van der Waals surface area contributed by atoms with Crippen molar-refractivity contribution in [2.45, 2.75) is 19.1 Å². The van der Waals surface area contributed by atoms with Crippen LogP contribution in [0.5, 0.6) is 0 Å². The molecule has 0 bridgehead atoms. The largest absolute Gasteiger partial charge is 0.388 e. The Hall–Kier alpha value is -1.73. The molecule has 17 heavy (non-hydrogen) atoms. The van der Waals surface area contributed by atoms with Gasteiger partial charge in [-0.15, -0.1) is 0 Å². The van der Waals surface area contributed by atoms with Gasteiger partial charge in [-0.1, -0.05) is 0 Å². The number of aromatic nitrogens is 4. The van der Waals surface area contributed by atoms with Gasteiger partial charge in [0.2, 0.25) is 0 Å². The molecule has 7 nitrogen and oxygen atoms in total. The first-order valence-electron chi connectivity index (χ1n) is 5.40. The Morgan fingerprint density at radius 2 is 2.35 bits per heavy atom. The van der Waals surface area contributed by atoms with Crippen molar-refractivity contribution in [3.63, 3.8) is 0 Å². The van der Waals surface area contributed by atoms with E-state index in [-0.39, 0.29) is 5.56 Å². The SMILES string of the molecule is CC1(O)CN(Cc2cc(=O)n3[nH]cnc3n2)C1. The van der Waals surface area contributed by atoms with E-state index in [2.05, 4.69) is 15.1 Å². The highest BCUT2D eigenvalue weighted by Gasteiger charge is 2.36. The van der Waals surface area contributed by atoms with Gasteiger partial charge in [0.1, 0.15) is 6.33 Å². The highest BCUT2D eigenvalue weighted by Crippen LogP contribution is 2.21. The predicted octanol–water partition coefficient (Wildman–Crippen LogP) is -1.02. The topological polar surface area (TPSA) is 86.5 Å². The Kier molecular flexibility index (Phi) is 2.07. The minimum absolute atomic E-state index is 0.171. The summed E-state index contributed by atoms with van der Waals surface area (Å²) >= 11 is 0. The third kappa shape index (κ3) is 1.83. The predicted molar refractivity (Wildman–Crippen MR) is 59.5 cm³/mol. The van der Waals surface area contributed by atoms with E-state index in [1.54, 1.807) is 6.92 Å². The second-order valence-electron chi connectivity index (χ2n) is 4.75. The van der Waals surface area contributed by atoms with E-state index in [4.69, 9.17) is 0 Å². The molecule has 2 N–H and O–H groups in total. The standard InChI is InChI=1S/C10H13N5O2/c1-10(17)4-14(5-10)3-7-2-8(16)15-9(13-7)11-6-12-15/h2,6,17H,3-5H2,1H3,(H,11,12,13). The lowest BCUT2D eigenvalue weighted by Gasteiger charge is -2.43. The fourth-order valence-corrected chi connectivity index (χ4v) is 2.21. The molecule has 0 unspecified atom stereocenters. The van der Waals surface area contributed by atoms with Gasteiger partial charge in [0.15, 0.2) is 0 Å². The highest BCUT2D eigenvalue weighted by molar-refractivity contribution is 5.26. The van der Waals surface area contributed by atoms with Gasteiger partial charge < -0.3 is 5.11 Å². The van der Waals surface area contributed by atoms with E-state index >= 15 is 0 Å². The fourth-order valence-electron chi connectivity index (χ4n) is 2.21. The third-order valence-corrected chi connectivity index (χ3v) is 2.84. The Bertz CT molecular complexity index is 606.